The van der Waals surface area contributed by atoms with Crippen LogP contribution < -0.4 is 11.1 Å². The average Bonchev–Trinajstić information content (AvgIpc) is 2.21. The first-order chi connectivity index (χ1) is 8.88. The predicted octanol–water partition coefficient (Wildman–Crippen LogP) is -1.42. The van der Waals surface area contributed by atoms with Crippen LogP contribution in [0.25, 0.3) is 0 Å². The number of aliphatic hydroxyl groups excluding tert-OH is 1. The Bertz CT molecular complexity index is 399. The number of rotatable bonds is 6. The zero-order valence-electron chi connectivity index (χ0n) is 12.2. The molecule has 0 spiro atoms. The summed E-state index contributed by atoms with van der Waals surface area (Å²) in [6.45, 7) is 3.18. The molecular formula is C11H24N2O6S. The molecule has 0 unspecified atom stereocenters. The van der Waals surface area contributed by atoms with E-state index in [-0.39, 0.29) is 5.92 Å². The van der Waals surface area contributed by atoms with Gasteiger partial charge in [0.2, 0.25) is 5.91 Å². The zero-order chi connectivity index (χ0) is 16.5. The van der Waals surface area contributed by atoms with Gasteiger partial charge in [0.15, 0.2) is 0 Å². The topological polar surface area (TPSA) is 147 Å². The highest BCUT2D eigenvalue weighted by molar-refractivity contribution is 7.89. The number of carbonyl (C=O) groups is 2. The summed E-state index contributed by atoms with van der Waals surface area (Å²) in [4.78, 5) is 21.8. The average molecular weight is 312 g/mol. The second kappa shape index (κ2) is 9.67. The van der Waals surface area contributed by atoms with Crippen LogP contribution in [0, 0.1) is 5.92 Å². The molecule has 8 nitrogen and oxygen atoms in total. The van der Waals surface area contributed by atoms with Crippen molar-refractivity contribution < 1.29 is 28.2 Å². The molecule has 0 aliphatic carbocycles. The van der Waals surface area contributed by atoms with Crippen LogP contribution in [0.3, 0.4) is 0 Å². The van der Waals surface area contributed by atoms with Crippen LogP contribution in [0.5, 0.6) is 0 Å². The number of nitrogens with one attached hydrogen (secondary N) is 1. The molecule has 0 aliphatic rings. The van der Waals surface area contributed by atoms with Crippen molar-refractivity contribution >= 4 is 21.7 Å². The number of hydrogen-bond donors (Lipinski definition) is 4. The standard InChI is InChI=1S/C9H18N2O4.C2H6O2S/c1-5(2)3-6(10)8(13)11-7(4-12)9(14)15;1-5(2,3)4/h5-7,12H,3-4,10H2,1-2H3,(H,11,13)(H,14,15);1-2H3/t6-,7-;/m0./s1. The monoisotopic (exact) mass is 312 g/mol. The van der Waals surface area contributed by atoms with Gasteiger partial charge in [-0.05, 0) is 12.3 Å². The molecule has 0 saturated carbocycles. The molecule has 20 heavy (non-hydrogen) atoms. The summed E-state index contributed by atoms with van der Waals surface area (Å²) < 4.78 is 19.3. The Morgan fingerprint density at radius 3 is 1.90 bits per heavy atom. The summed E-state index contributed by atoms with van der Waals surface area (Å²) in [7, 11) is -2.67. The Hall–Kier alpha value is -1.19. The Balaban J connectivity index is 0. The lowest BCUT2D eigenvalue weighted by molar-refractivity contribution is -0.143. The Kier molecular flexibility index (Phi) is 10.2. The first-order valence-corrected chi connectivity index (χ1v) is 8.23. The van der Waals surface area contributed by atoms with E-state index >= 15 is 0 Å². The first-order valence-electron chi connectivity index (χ1n) is 5.93. The quantitative estimate of drug-likeness (QED) is 0.470. The summed E-state index contributed by atoms with van der Waals surface area (Å²) in [6.07, 6.45) is 2.80. The Labute approximate surface area is 119 Å². The van der Waals surface area contributed by atoms with Gasteiger partial charge in [-0.3, -0.25) is 4.79 Å². The van der Waals surface area contributed by atoms with Crippen LogP contribution >= 0.6 is 0 Å². The molecule has 0 heterocycles. The first kappa shape index (κ1) is 21.1. The molecule has 2 atom stereocenters. The van der Waals surface area contributed by atoms with E-state index in [1.807, 2.05) is 13.8 Å². The minimum absolute atomic E-state index is 0.253. The number of aliphatic carboxylic acids is 1. The highest BCUT2D eigenvalue weighted by atomic mass is 32.2. The molecule has 0 saturated heterocycles. The van der Waals surface area contributed by atoms with Crippen molar-refractivity contribution in [3.63, 3.8) is 0 Å². The highest BCUT2D eigenvalue weighted by Gasteiger charge is 2.22. The van der Waals surface area contributed by atoms with E-state index in [4.69, 9.17) is 15.9 Å². The number of hydrogen-bond acceptors (Lipinski definition) is 6. The van der Waals surface area contributed by atoms with Gasteiger partial charge in [-0.25, -0.2) is 13.2 Å². The van der Waals surface area contributed by atoms with Gasteiger partial charge in [-0.2, -0.15) is 0 Å². The number of amides is 1. The lowest BCUT2D eigenvalue weighted by Gasteiger charge is -2.17. The maximum absolute atomic E-state index is 11.3. The molecule has 0 rings (SSSR count). The minimum Gasteiger partial charge on any atom is -0.480 e. The molecular weight excluding hydrogens is 288 g/mol. The largest absolute Gasteiger partial charge is 0.480 e. The van der Waals surface area contributed by atoms with Gasteiger partial charge in [0.05, 0.1) is 12.6 Å². The molecule has 0 aliphatic heterocycles. The van der Waals surface area contributed by atoms with E-state index in [1.54, 1.807) is 0 Å². The van der Waals surface area contributed by atoms with Gasteiger partial charge in [-0.1, -0.05) is 13.8 Å². The molecule has 0 fully saturated rings. The minimum atomic E-state index is -2.67. The second-order valence-corrected chi connectivity index (χ2v) is 7.25. The van der Waals surface area contributed by atoms with E-state index in [0.717, 1.165) is 12.5 Å². The van der Waals surface area contributed by atoms with Crippen molar-refractivity contribution in [3.05, 3.63) is 0 Å². The highest BCUT2D eigenvalue weighted by Crippen LogP contribution is 2.02. The van der Waals surface area contributed by atoms with Gasteiger partial charge in [-0.15, -0.1) is 0 Å². The molecule has 9 heteroatoms. The predicted molar refractivity (Wildman–Crippen MR) is 74.9 cm³/mol. The zero-order valence-corrected chi connectivity index (χ0v) is 13.0. The molecule has 0 aromatic rings. The van der Waals surface area contributed by atoms with Crippen molar-refractivity contribution in [3.8, 4) is 0 Å². The number of sulfone groups is 1. The van der Waals surface area contributed by atoms with Crippen LogP contribution in [-0.4, -0.2) is 61.7 Å². The molecule has 120 valence electrons. The van der Waals surface area contributed by atoms with Gasteiger partial charge < -0.3 is 21.3 Å². The van der Waals surface area contributed by atoms with Gasteiger partial charge in [0, 0.05) is 12.5 Å². The number of carboxylic acids is 1. The molecule has 0 bridgehead atoms. The molecule has 0 aromatic carbocycles. The second-order valence-electron chi connectivity index (χ2n) is 4.96. The summed E-state index contributed by atoms with van der Waals surface area (Å²) in [6, 6.07) is -2.02. The van der Waals surface area contributed by atoms with Crippen LogP contribution in [0.15, 0.2) is 0 Å². The lowest BCUT2D eigenvalue weighted by Crippen LogP contribution is -2.50. The number of aliphatic hydroxyl groups is 1. The van der Waals surface area contributed by atoms with E-state index in [1.165, 1.54) is 0 Å². The van der Waals surface area contributed by atoms with Crippen molar-refractivity contribution in [1.82, 2.24) is 5.32 Å². The third kappa shape index (κ3) is 14.9. The van der Waals surface area contributed by atoms with Crippen LogP contribution in [0.4, 0.5) is 0 Å². The van der Waals surface area contributed by atoms with E-state index in [0.29, 0.717) is 6.42 Å². The van der Waals surface area contributed by atoms with Gasteiger partial charge in [0.25, 0.3) is 0 Å². The SMILES string of the molecule is CC(C)C[C@H](N)C(=O)N[C@@H](CO)C(=O)O.CS(C)(=O)=O. The third-order valence-electron chi connectivity index (χ3n) is 1.86. The number of nitrogens with two attached hydrogens (primary N) is 1. The fourth-order valence-electron chi connectivity index (χ4n) is 1.08. The third-order valence-corrected chi connectivity index (χ3v) is 1.86. The van der Waals surface area contributed by atoms with Crippen LogP contribution in [-0.2, 0) is 19.4 Å². The molecule has 0 aromatic heterocycles. The fourth-order valence-corrected chi connectivity index (χ4v) is 1.08. The Morgan fingerprint density at radius 1 is 1.25 bits per heavy atom. The molecule has 1 amide bonds. The van der Waals surface area contributed by atoms with E-state index in [9.17, 15) is 18.0 Å². The summed E-state index contributed by atoms with van der Waals surface area (Å²) in [5, 5.41) is 19.4. The number of carbonyl (C=O) groups excluding carboxylic acids is 1. The normalized spacial score (nSPS) is 13.9. The molecule has 5 N–H and O–H groups in total. The van der Waals surface area contributed by atoms with E-state index in [2.05, 4.69) is 5.32 Å². The number of carboxylic acid groups (broad SMARTS) is 1. The smallest absolute Gasteiger partial charge is 0.328 e. The lowest BCUT2D eigenvalue weighted by atomic mass is 10.0. The van der Waals surface area contributed by atoms with Gasteiger partial charge >= 0.3 is 5.97 Å². The van der Waals surface area contributed by atoms with Crippen molar-refractivity contribution in [2.24, 2.45) is 11.7 Å². The Morgan fingerprint density at radius 2 is 1.65 bits per heavy atom. The maximum Gasteiger partial charge on any atom is 0.328 e. The van der Waals surface area contributed by atoms with E-state index < -0.39 is 40.4 Å². The van der Waals surface area contributed by atoms with Crippen molar-refractivity contribution in [2.75, 3.05) is 19.1 Å². The fraction of sp³-hybridized carbons (Fsp3) is 0.818. The van der Waals surface area contributed by atoms with Crippen molar-refractivity contribution in [1.29, 1.82) is 0 Å². The summed E-state index contributed by atoms with van der Waals surface area (Å²) in [5.74, 6) is -1.57. The van der Waals surface area contributed by atoms with Crippen LogP contribution in [0.2, 0.25) is 0 Å². The summed E-state index contributed by atoms with van der Waals surface area (Å²) >= 11 is 0. The van der Waals surface area contributed by atoms with Gasteiger partial charge in [0.1, 0.15) is 15.9 Å². The summed E-state index contributed by atoms with van der Waals surface area (Å²) in [5.41, 5.74) is 5.53. The van der Waals surface area contributed by atoms with Crippen LogP contribution in [0.1, 0.15) is 20.3 Å². The molecule has 0 radical (unpaired) electrons. The maximum atomic E-state index is 11.3. The van der Waals surface area contributed by atoms with Crippen molar-refractivity contribution in [2.45, 2.75) is 32.4 Å².